The molecular weight excluding hydrogens is 348 g/mol. The molecule has 0 saturated carbocycles. The van der Waals surface area contributed by atoms with Gasteiger partial charge in [0.25, 0.3) is 5.91 Å². The molecule has 2 aromatic heterocycles. The number of benzene rings is 1. The molecule has 23 heavy (non-hydrogen) atoms. The van der Waals surface area contributed by atoms with Crippen LogP contribution in [0, 0.1) is 20.8 Å². The van der Waals surface area contributed by atoms with E-state index in [-0.39, 0.29) is 5.91 Å². The van der Waals surface area contributed by atoms with Crippen molar-refractivity contribution in [1.29, 1.82) is 0 Å². The minimum atomic E-state index is -0.123. The zero-order valence-corrected chi connectivity index (χ0v) is 15.3. The van der Waals surface area contributed by atoms with E-state index in [4.69, 9.17) is 11.6 Å². The molecule has 0 unspecified atom stereocenters. The summed E-state index contributed by atoms with van der Waals surface area (Å²) >= 11 is 8.83. The molecule has 0 aliphatic heterocycles. The lowest BCUT2D eigenvalue weighted by Crippen LogP contribution is -2.12. The molecule has 3 rings (SSSR count). The lowest BCUT2D eigenvalue weighted by molar-refractivity contribution is 0.102. The van der Waals surface area contributed by atoms with Crippen LogP contribution in [0.5, 0.6) is 0 Å². The largest absolute Gasteiger partial charge is 0.321 e. The Labute approximate surface area is 148 Å². The van der Waals surface area contributed by atoms with Gasteiger partial charge in [-0.05, 0) is 50.1 Å². The van der Waals surface area contributed by atoms with Crippen LogP contribution in [0.2, 0.25) is 4.34 Å². The molecule has 0 aliphatic rings. The Morgan fingerprint density at radius 2 is 1.91 bits per heavy atom. The second kappa shape index (κ2) is 6.43. The number of carbonyl (C=O) groups excluding carboxylic acids is 1. The molecule has 118 valence electrons. The summed E-state index contributed by atoms with van der Waals surface area (Å²) in [5.74, 6) is -0.123. The lowest BCUT2D eigenvalue weighted by atomic mass is 10.1. The van der Waals surface area contributed by atoms with Crippen LogP contribution in [0.1, 0.15) is 26.5 Å². The Kier molecular flexibility index (Phi) is 4.53. The summed E-state index contributed by atoms with van der Waals surface area (Å²) in [6.07, 6.45) is 0. The zero-order chi connectivity index (χ0) is 16.6. The molecule has 0 radical (unpaired) electrons. The van der Waals surface area contributed by atoms with Crippen LogP contribution < -0.4 is 5.32 Å². The smallest absolute Gasteiger partial charge is 0.267 e. The summed E-state index contributed by atoms with van der Waals surface area (Å²) in [6.45, 7) is 5.84. The van der Waals surface area contributed by atoms with Gasteiger partial charge in [-0.1, -0.05) is 23.7 Å². The number of rotatable bonds is 3. The molecule has 2 heterocycles. The van der Waals surface area contributed by atoms with Crippen molar-refractivity contribution in [1.82, 2.24) is 4.98 Å². The number of hydrogen-bond donors (Lipinski definition) is 1. The number of thiazole rings is 1. The van der Waals surface area contributed by atoms with Gasteiger partial charge >= 0.3 is 0 Å². The van der Waals surface area contributed by atoms with Crippen molar-refractivity contribution in [2.75, 3.05) is 5.32 Å². The summed E-state index contributed by atoms with van der Waals surface area (Å²) in [6, 6.07) is 9.78. The third-order valence-corrected chi connectivity index (χ3v) is 5.98. The van der Waals surface area contributed by atoms with E-state index in [1.807, 2.05) is 51.1 Å². The topological polar surface area (TPSA) is 42.0 Å². The average molecular weight is 363 g/mol. The summed E-state index contributed by atoms with van der Waals surface area (Å²) in [7, 11) is 0. The SMILES string of the molecule is Cc1ccc(C)c(NC(=O)c2sc(-c3ccc(Cl)s3)nc2C)c1. The van der Waals surface area contributed by atoms with Crippen molar-refractivity contribution in [2.24, 2.45) is 0 Å². The number of hydrogen-bond acceptors (Lipinski definition) is 4. The second-order valence-corrected chi connectivity index (χ2v) is 8.02. The zero-order valence-electron chi connectivity index (χ0n) is 12.9. The number of nitrogens with one attached hydrogen (secondary N) is 1. The van der Waals surface area contributed by atoms with Gasteiger partial charge in [-0.25, -0.2) is 4.98 Å². The minimum Gasteiger partial charge on any atom is -0.321 e. The fourth-order valence-electron chi connectivity index (χ4n) is 2.19. The number of nitrogens with zero attached hydrogens (tertiary/aromatic N) is 1. The number of aromatic nitrogens is 1. The van der Waals surface area contributed by atoms with E-state index in [9.17, 15) is 4.79 Å². The van der Waals surface area contributed by atoms with Gasteiger partial charge in [-0.2, -0.15) is 0 Å². The van der Waals surface area contributed by atoms with Crippen LogP contribution in [0.15, 0.2) is 30.3 Å². The standard InChI is InChI=1S/C17H15ClN2OS2/c1-9-4-5-10(2)12(8-9)20-16(21)15-11(3)19-17(23-15)13-6-7-14(18)22-13/h4-8H,1-3H3,(H,20,21). The molecule has 1 aromatic carbocycles. The second-order valence-electron chi connectivity index (χ2n) is 5.31. The van der Waals surface area contributed by atoms with Gasteiger partial charge in [0.1, 0.15) is 9.88 Å². The normalized spacial score (nSPS) is 10.8. The van der Waals surface area contributed by atoms with Crippen molar-refractivity contribution >= 4 is 45.9 Å². The predicted molar refractivity (Wildman–Crippen MR) is 99.0 cm³/mol. The quantitative estimate of drug-likeness (QED) is 0.649. The number of aryl methyl sites for hydroxylation is 3. The van der Waals surface area contributed by atoms with Crippen LogP contribution in [-0.2, 0) is 0 Å². The first-order valence-electron chi connectivity index (χ1n) is 7.06. The molecule has 0 saturated heterocycles. The molecule has 6 heteroatoms. The fraction of sp³-hybridized carbons (Fsp3) is 0.176. The third kappa shape index (κ3) is 3.47. The van der Waals surface area contributed by atoms with Gasteiger partial charge in [-0.15, -0.1) is 22.7 Å². The van der Waals surface area contributed by atoms with E-state index < -0.39 is 0 Å². The fourth-order valence-corrected chi connectivity index (χ4v) is 4.25. The van der Waals surface area contributed by atoms with Crippen LogP contribution in [0.25, 0.3) is 9.88 Å². The highest BCUT2D eigenvalue weighted by Crippen LogP contribution is 2.35. The Morgan fingerprint density at radius 3 is 2.61 bits per heavy atom. The highest BCUT2D eigenvalue weighted by Gasteiger charge is 2.18. The molecule has 3 nitrogen and oxygen atoms in total. The monoisotopic (exact) mass is 362 g/mol. The van der Waals surface area contributed by atoms with Crippen molar-refractivity contribution in [3.05, 3.63) is 56.4 Å². The number of thiophene rings is 1. The highest BCUT2D eigenvalue weighted by molar-refractivity contribution is 7.24. The first-order valence-corrected chi connectivity index (χ1v) is 9.07. The van der Waals surface area contributed by atoms with Crippen molar-refractivity contribution < 1.29 is 4.79 Å². The Hall–Kier alpha value is -1.69. The molecule has 0 fully saturated rings. The van der Waals surface area contributed by atoms with Crippen LogP contribution >= 0.6 is 34.3 Å². The van der Waals surface area contributed by atoms with Gasteiger partial charge in [0.2, 0.25) is 0 Å². The van der Waals surface area contributed by atoms with Crippen molar-refractivity contribution in [3.8, 4) is 9.88 Å². The summed E-state index contributed by atoms with van der Waals surface area (Å²) in [4.78, 5) is 18.7. The van der Waals surface area contributed by atoms with E-state index >= 15 is 0 Å². The maximum atomic E-state index is 12.6. The summed E-state index contributed by atoms with van der Waals surface area (Å²) in [5, 5.41) is 3.81. The Bertz CT molecular complexity index is 883. The van der Waals surface area contributed by atoms with Crippen LogP contribution in [0.4, 0.5) is 5.69 Å². The first kappa shape index (κ1) is 16.2. The van der Waals surface area contributed by atoms with Gasteiger partial charge in [0, 0.05) is 5.69 Å². The van der Waals surface area contributed by atoms with Crippen molar-refractivity contribution in [3.63, 3.8) is 0 Å². The first-order chi connectivity index (χ1) is 10.9. The maximum absolute atomic E-state index is 12.6. The number of halogens is 1. The number of anilines is 1. The lowest BCUT2D eigenvalue weighted by Gasteiger charge is -2.08. The van der Waals surface area contributed by atoms with E-state index in [0.717, 1.165) is 32.4 Å². The average Bonchev–Trinajstić information content (AvgIpc) is 3.09. The van der Waals surface area contributed by atoms with Gasteiger partial charge in [-0.3, -0.25) is 4.79 Å². The molecule has 3 aromatic rings. The number of amides is 1. The van der Waals surface area contributed by atoms with E-state index in [1.165, 1.54) is 22.7 Å². The molecule has 1 N–H and O–H groups in total. The maximum Gasteiger partial charge on any atom is 0.267 e. The number of carbonyl (C=O) groups is 1. The predicted octanol–water partition coefficient (Wildman–Crippen LogP) is 5.70. The Morgan fingerprint density at radius 1 is 1.13 bits per heavy atom. The summed E-state index contributed by atoms with van der Waals surface area (Å²) < 4.78 is 0.717. The van der Waals surface area contributed by atoms with Gasteiger partial charge in [0.05, 0.1) is 14.9 Å². The molecule has 0 atom stereocenters. The Balaban J connectivity index is 1.88. The van der Waals surface area contributed by atoms with E-state index in [1.54, 1.807) is 0 Å². The third-order valence-electron chi connectivity index (χ3n) is 3.43. The molecule has 0 spiro atoms. The van der Waals surface area contributed by atoms with Crippen LogP contribution in [0.3, 0.4) is 0 Å². The molecule has 0 aliphatic carbocycles. The van der Waals surface area contributed by atoms with Crippen molar-refractivity contribution in [2.45, 2.75) is 20.8 Å². The van der Waals surface area contributed by atoms with E-state index in [0.29, 0.717) is 9.21 Å². The molecule has 1 amide bonds. The van der Waals surface area contributed by atoms with Crippen LogP contribution in [-0.4, -0.2) is 10.9 Å². The van der Waals surface area contributed by atoms with E-state index in [2.05, 4.69) is 10.3 Å². The van der Waals surface area contributed by atoms with Gasteiger partial charge < -0.3 is 5.32 Å². The molecule has 0 bridgehead atoms. The molecular formula is C17H15ClN2OS2. The minimum absolute atomic E-state index is 0.123. The summed E-state index contributed by atoms with van der Waals surface area (Å²) in [5.41, 5.74) is 3.72. The highest BCUT2D eigenvalue weighted by atomic mass is 35.5. The van der Waals surface area contributed by atoms with Gasteiger partial charge in [0.15, 0.2) is 0 Å².